The number of aromatic amines is 1. The molecule has 0 saturated heterocycles. The lowest BCUT2D eigenvalue weighted by atomic mass is 10.0. The van der Waals surface area contributed by atoms with Crippen LogP contribution < -0.4 is 10.9 Å². The van der Waals surface area contributed by atoms with Gasteiger partial charge in [-0.1, -0.05) is 29.8 Å². The van der Waals surface area contributed by atoms with Crippen molar-refractivity contribution in [2.75, 3.05) is 20.6 Å². The standard InChI is InChI=1S/C18H23N3O2/c1-12-5-8-14(9-6-12)16(21(3)4)11-19-17(22)15-10-7-13(2)20-18(15)23/h5-10,16H,11H2,1-4H3,(H,19,22)(H,20,23). The van der Waals surface area contributed by atoms with E-state index in [4.69, 9.17) is 0 Å². The Morgan fingerprint density at radius 1 is 1.13 bits per heavy atom. The number of carbonyl (C=O) groups is 1. The maximum absolute atomic E-state index is 12.2. The molecule has 122 valence electrons. The number of aryl methyl sites for hydroxylation is 2. The van der Waals surface area contributed by atoms with Crippen molar-refractivity contribution in [3.63, 3.8) is 0 Å². The van der Waals surface area contributed by atoms with Gasteiger partial charge in [-0.05, 0) is 45.6 Å². The Labute approximate surface area is 136 Å². The first kappa shape index (κ1) is 17.0. The Morgan fingerprint density at radius 2 is 1.78 bits per heavy atom. The van der Waals surface area contributed by atoms with Crippen molar-refractivity contribution >= 4 is 5.91 Å². The smallest absolute Gasteiger partial charge is 0.260 e. The van der Waals surface area contributed by atoms with Gasteiger partial charge in [-0.25, -0.2) is 0 Å². The van der Waals surface area contributed by atoms with Crippen LogP contribution in [0, 0.1) is 13.8 Å². The average molecular weight is 313 g/mol. The molecular formula is C18H23N3O2. The number of carbonyl (C=O) groups excluding carboxylic acids is 1. The maximum Gasteiger partial charge on any atom is 0.260 e. The summed E-state index contributed by atoms with van der Waals surface area (Å²) in [7, 11) is 3.94. The molecule has 1 amide bonds. The Morgan fingerprint density at radius 3 is 2.35 bits per heavy atom. The van der Waals surface area contributed by atoms with Crippen LogP contribution in [-0.2, 0) is 0 Å². The molecule has 0 aliphatic carbocycles. The highest BCUT2D eigenvalue weighted by molar-refractivity contribution is 5.93. The van der Waals surface area contributed by atoms with Crippen LogP contribution in [0.2, 0.25) is 0 Å². The maximum atomic E-state index is 12.2. The van der Waals surface area contributed by atoms with E-state index in [1.807, 2.05) is 25.9 Å². The van der Waals surface area contributed by atoms with Gasteiger partial charge in [0.05, 0.1) is 6.04 Å². The van der Waals surface area contributed by atoms with Gasteiger partial charge in [-0.2, -0.15) is 0 Å². The van der Waals surface area contributed by atoms with Gasteiger partial charge in [0.15, 0.2) is 0 Å². The number of pyridine rings is 1. The van der Waals surface area contributed by atoms with Crippen LogP contribution in [0.25, 0.3) is 0 Å². The highest BCUT2D eigenvalue weighted by Gasteiger charge is 2.17. The van der Waals surface area contributed by atoms with Crippen LogP contribution in [0.15, 0.2) is 41.2 Å². The van der Waals surface area contributed by atoms with Crippen molar-refractivity contribution in [1.82, 2.24) is 15.2 Å². The van der Waals surface area contributed by atoms with Crippen LogP contribution >= 0.6 is 0 Å². The van der Waals surface area contributed by atoms with Gasteiger partial charge in [0, 0.05) is 12.2 Å². The molecule has 0 spiro atoms. The second-order valence-electron chi connectivity index (χ2n) is 5.98. The molecule has 0 bridgehead atoms. The molecule has 0 radical (unpaired) electrons. The Balaban J connectivity index is 2.11. The second-order valence-corrected chi connectivity index (χ2v) is 5.98. The zero-order valence-electron chi connectivity index (χ0n) is 14.0. The fourth-order valence-electron chi connectivity index (χ4n) is 2.42. The lowest BCUT2D eigenvalue weighted by molar-refractivity contribution is 0.0940. The van der Waals surface area contributed by atoms with Crippen molar-refractivity contribution in [2.24, 2.45) is 0 Å². The summed E-state index contributed by atoms with van der Waals surface area (Å²) in [6.07, 6.45) is 0. The largest absolute Gasteiger partial charge is 0.350 e. The second kappa shape index (κ2) is 7.24. The molecule has 2 rings (SSSR count). The number of amides is 1. The van der Waals surface area contributed by atoms with Crippen molar-refractivity contribution in [1.29, 1.82) is 0 Å². The van der Waals surface area contributed by atoms with Gasteiger partial charge < -0.3 is 15.2 Å². The molecule has 0 fully saturated rings. The van der Waals surface area contributed by atoms with E-state index in [1.54, 1.807) is 19.1 Å². The minimum atomic E-state index is -0.362. The van der Waals surface area contributed by atoms with Gasteiger partial charge in [0.25, 0.3) is 11.5 Å². The molecule has 1 heterocycles. The monoisotopic (exact) mass is 313 g/mol. The summed E-state index contributed by atoms with van der Waals surface area (Å²) < 4.78 is 0. The quantitative estimate of drug-likeness (QED) is 0.887. The number of benzene rings is 1. The SMILES string of the molecule is Cc1ccc(C(CNC(=O)c2ccc(C)[nH]c2=O)N(C)C)cc1. The van der Waals surface area contributed by atoms with Gasteiger partial charge >= 0.3 is 0 Å². The highest BCUT2D eigenvalue weighted by atomic mass is 16.2. The molecule has 5 nitrogen and oxygen atoms in total. The van der Waals surface area contributed by atoms with Crippen molar-refractivity contribution in [2.45, 2.75) is 19.9 Å². The van der Waals surface area contributed by atoms with E-state index in [0.29, 0.717) is 6.54 Å². The van der Waals surface area contributed by atoms with Crippen molar-refractivity contribution in [3.8, 4) is 0 Å². The van der Waals surface area contributed by atoms with E-state index >= 15 is 0 Å². The summed E-state index contributed by atoms with van der Waals surface area (Å²) in [6, 6.07) is 11.6. The molecule has 1 aromatic heterocycles. The minimum absolute atomic E-state index is 0.0454. The van der Waals surface area contributed by atoms with E-state index in [1.165, 1.54) is 5.56 Å². The lowest BCUT2D eigenvalue weighted by Crippen LogP contribution is -2.36. The summed E-state index contributed by atoms with van der Waals surface area (Å²) in [5.74, 6) is -0.356. The minimum Gasteiger partial charge on any atom is -0.350 e. The van der Waals surface area contributed by atoms with Gasteiger partial charge in [0.2, 0.25) is 0 Å². The predicted octanol–water partition coefficient (Wildman–Crippen LogP) is 2.02. The predicted molar refractivity (Wildman–Crippen MR) is 91.7 cm³/mol. The molecular weight excluding hydrogens is 290 g/mol. The van der Waals surface area contributed by atoms with E-state index < -0.39 is 0 Å². The zero-order chi connectivity index (χ0) is 17.0. The Hall–Kier alpha value is -2.40. The summed E-state index contributed by atoms with van der Waals surface area (Å²) in [6.45, 7) is 4.25. The van der Waals surface area contributed by atoms with Crippen LogP contribution in [-0.4, -0.2) is 36.4 Å². The van der Waals surface area contributed by atoms with Gasteiger partial charge in [-0.3, -0.25) is 9.59 Å². The average Bonchev–Trinajstić information content (AvgIpc) is 2.48. The number of nitrogens with zero attached hydrogens (tertiary/aromatic N) is 1. The number of aromatic nitrogens is 1. The molecule has 0 aliphatic rings. The van der Waals surface area contributed by atoms with Gasteiger partial charge in [-0.15, -0.1) is 0 Å². The number of rotatable bonds is 5. The van der Waals surface area contributed by atoms with E-state index in [0.717, 1.165) is 11.3 Å². The third-order valence-electron chi connectivity index (χ3n) is 3.84. The number of H-pyrrole nitrogens is 1. The Bertz CT molecular complexity index is 733. The highest BCUT2D eigenvalue weighted by Crippen LogP contribution is 2.18. The molecule has 2 aromatic rings. The zero-order valence-corrected chi connectivity index (χ0v) is 14.0. The molecule has 1 aromatic carbocycles. The number of likely N-dealkylation sites (N-methyl/N-ethyl adjacent to an activating group) is 1. The van der Waals surface area contributed by atoms with Crippen molar-refractivity contribution in [3.05, 3.63) is 69.1 Å². The van der Waals surface area contributed by atoms with E-state index in [2.05, 4.69) is 34.6 Å². The molecule has 5 heteroatoms. The summed E-state index contributed by atoms with van der Waals surface area (Å²) >= 11 is 0. The summed E-state index contributed by atoms with van der Waals surface area (Å²) in [5, 5.41) is 2.85. The van der Waals surface area contributed by atoms with Crippen LogP contribution in [0.3, 0.4) is 0 Å². The fraction of sp³-hybridized carbons (Fsp3) is 0.333. The first-order valence-corrected chi connectivity index (χ1v) is 7.59. The van der Waals surface area contributed by atoms with E-state index in [-0.39, 0.29) is 23.1 Å². The number of hydrogen-bond donors (Lipinski definition) is 2. The third-order valence-corrected chi connectivity index (χ3v) is 3.84. The third kappa shape index (κ3) is 4.29. The lowest BCUT2D eigenvalue weighted by Gasteiger charge is -2.25. The van der Waals surface area contributed by atoms with Crippen LogP contribution in [0.1, 0.15) is 33.2 Å². The summed E-state index contributed by atoms with van der Waals surface area (Å²) in [4.78, 5) is 28.8. The van der Waals surface area contributed by atoms with Crippen LogP contribution in [0.5, 0.6) is 0 Å². The molecule has 0 saturated carbocycles. The Kier molecular flexibility index (Phi) is 5.34. The number of hydrogen-bond acceptors (Lipinski definition) is 3. The molecule has 2 N–H and O–H groups in total. The fourth-order valence-corrected chi connectivity index (χ4v) is 2.42. The van der Waals surface area contributed by atoms with Gasteiger partial charge in [0.1, 0.15) is 5.56 Å². The summed E-state index contributed by atoms with van der Waals surface area (Å²) in [5.41, 5.74) is 2.83. The number of nitrogens with one attached hydrogen (secondary N) is 2. The molecule has 23 heavy (non-hydrogen) atoms. The normalized spacial score (nSPS) is 12.2. The van der Waals surface area contributed by atoms with E-state index in [9.17, 15) is 9.59 Å². The molecule has 1 atom stereocenters. The van der Waals surface area contributed by atoms with Crippen molar-refractivity contribution < 1.29 is 4.79 Å². The first-order valence-electron chi connectivity index (χ1n) is 7.59. The molecule has 1 unspecified atom stereocenters. The molecule has 0 aliphatic heterocycles. The topological polar surface area (TPSA) is 65.2 Å². The first-order chi connectivity index (χ1) is 10.9. The van der Waals surface area contributed by atoms with Crippen LogP contribution in [0.4, 0.5) is 0 Å².